The molecule has 130 valence electrons. The molecule has 2 saturated carbocycles. The van der Waals surface area contributed by atoms with E-state index in [2.05, 4.69) is 0 Å². The molecule has 0 nitrogen and oxygen atoms in total. The molecule has 2 aromatic carbocycles. The summed E-state index contributed by atoms with van der Waals surface area (Å²) >= 11 is 0. The Morgan fingerprint density at radius 1 is 0.407 bits per heavy atom. The van der Waals surface area contributed by atoms with Gasteiger partial charge in [0.2, 0.25) is 0 Å². The number of benzene rings is 2. The monoisotopic (exact) mass is 382 g/mol. The molecule has 0 bridgehead atoms. The molecule has 0 aliphatic heterocycles. The molecule has 0 saturated heterocycles. The van der Waals surface area contributed by atoms with Crippen LogP contribution in [0.3, 0.4) is 0 Å². The quantitative estimate of drug-likeness (QED) is 0.344. The summed E-state index contributed by atoms with van der Waals surface area (Å²) in [6, 6.07) is 19.5. The van der Waals surface area contributed by atoms with Crippen LogP contribution in [0.2, 0.25) is 0 Å². The van der Waals surface area contributed by atoms with Crippen molar-refractivity contribution in [2.24, 2.45) is 0 Å². The van der Waals surface area contributed by atoms with Gasteiger partial charge in [0.25, 0.3) is 0 Å². The summed E-state index contributed by atoms with van der Waals surface area (Å²) in [7, 11) is 0. The van der Waals surface area contributed by atoms with Crippen molar-refractivity contribution in [1.82, 2.24) is 0 Å². The van der Waals surface area contributed by atoms with E-state index in [-0.39, 0.29) is 21.7 Å². The normalized spacial score (nSPS) is 14.7. The Morgan fingerprint density at radius 3 is 0.852 bits per heavy atom. The minimum Gasteiger partial charge on any atom is -0.298 e. The molecular weight excluding hydrogens is 360 g/mol. The van der Waals surface area contributed by atoms with Gasteiger partial charge in [-0.3, -0.25) is 24.3 Å². The summed E-state index contributed by atoms with van der Waals surface area (Å²) in [6.45, 7) is 12.1. The minimum absolute atomic E-state index is 0. The van der Waals surface area contributed by atoms with Gasteiger partial charge in [-0.1, -0.05) is 36.4 Å². The first-order valence-corrected chi connectivity index (χ1v) is 8.48. The fraction of sp³-hybridized carbons (Fsp3) is 0. The minimum atomic E-state index is 0. The Balaban J connectivity index is 0.000000270. The van der Waals surface area contributed by atoms with E-state index in [0.29, 0.717) is 11.1 Å². The van der Waals surface area contributed by atoms with Gasteiger partial charge in [0, 0.05) is 0 Å². The first-order chi connectivity index (χ1) is 12.8. The van der Waals surface area contributed by atoms with Gasteiger partial charge in [-0.25, -0.2) is 0 Å². The van der Waals surface area contributed by atoms with Gasteiger partial charge >= 0.3 is 21.7 Å². The van der Waals surface area contributed by atoms with Crippen LogP contribution in [-0.2, 0) is 21.7 Å². The van der Waals surface area contributed by atoms with Gasteiger partial charge in [-0.15, -0.1) is 24.3 Å². The summed E-state index contributed by atoms with van der Waals surface area (Å²) in [4.78, 5) is 0. The standard InChI is InChI=1S/C16H12.2C5H5.Ti/c1-13(15-9-5-3-6-10-15)14(2)16-11-7-4-8-12-16;2*1-2-4-5-3-1;/h1-12H;2*1-5H;/q-2;;;+2. The third-order valence-electron chi connectivity index (χ3n) is 3.57. The van der Waals surface area contributed by atoms with Crippen molar-refractivity contribution >= 4 is 11.1 Å². The molecule has 4 rings (SSSR count). The van der Waals surface area contributed by atoms with Crippen LogP contribution < -0.4 is 0 Å². The van der Waals surface area contributed by atoms with Crippen LogP contribution in [0.15, 0.2) is 60.7 Å². The van der Waals surface area contributed by atoms with E-state index in [9.17, 15) is 0 Å². The van der Waals surface area contributed by atoms with E-state index in [1.165, 1.54) is 0 Å². The molecule has 0 atom stereocenters. The molecule has 27 heavy (non-hydrogen) atoms. The average Bonchev–Trinajstić information content (AvgIpc) is 3.47. The molecule has 0 unspecified atom stereocenters. The first-order valence-electron chi connectivity index (χ1n) is 8.48. The van der Waals surface area contributed by atoms with Crippen molar-refractivity contribution in [3.05, 3.63) is 149 Å². The predicted octanol–water partition coefficient (Wildman–Crippen LogP) is 6.06. The van der Waals surface area contributed by atoms with E-state index >= 15 is 0 Å². The van der Waals surface area contributed by atoms with Gasteiger partial charge in [-0.2, -0.15) is 11.1 Å². The number of allylic oxidation sites excluding steroid dienone is 2. The Hall–Kier alpha value is -1.37. The van der Waals surface area contributed by atoms with Crippen molar-refractivity contribution < 1.29 is 21.7 Å². The van der Waals surface area contributed by atoms with Gasteiger partial charge in [0.15, 0.2) is 0 Å². The van der Waals surface area contributed by atoms with E-state index in [1.54, 1.807) is 0 Å². The Morgan fingerprint density at radius 2 is 0.630 bits per heavy atom. The Kier molecular flexibility index (Phi) is 12.9. The van der Waals surface area contributed by atoms with Crippen molar-refractivity contribution in [3.63, 3.8) is 0 Å². The molecule has 0 heterocycles. The molecule has 10 radical (unpaired) electrons. The second-order valence-corrected chi connectivity index (χ2v) is 5.48. The topological polar surface area (TPSA) is 0 Å². The third-order valence-corrected chi connectivity index (χ3v) is 3.57. The van der Waals surface area contributed by atoms with Gasteiger partial charge in [0.1, 0.15) is 0 Å². The Bertz CT molecular complexity index is 560. The molecular formula is C26H22Ti. The van der Waals surface area contributed by atoms with Crippen LogP contribution in [0, 0.1) is 77.4 Å². The fourth-order valence-electron chi connectivity index (χ4n) is 2.19. The maximum absolute atomic E-state index is 6.03. The van der Waals surface area contributed by atoms with E-state index in [0.717, 1.165) is 11.1 Å². The van der Waals surface area contributed by atoms with Crippen LogP contribution >= 0.6 is 0 Å². The molecule has 0 N–H and O–H groups in total. The predicted molar refractivity (Wildman–Crippen MR) is 111 cm³/mol. The summed E-state index contributed by atoms with van der Waals surface area (Å²) in [5.74, 6) is 0. The first kappa shape index (κ1) is 23.7. The summed E-state index contributed by atoms with van der Waals surface area (Å²) in [6.07, 6.45) is 20.0. The van der Waals surface area contributed by atoms with E-state index in [1.807, 2.05) is 125 Å². The molecule has 2 aliphatic carbocycles. The molecule has 2 aromatic rings. The zero-order valence-electron chi connectivity index (χ0n) is 15.2. The third kappa shape index (κ3) is 9.40. The van der Waals surface area contributed by atoms with Crippen LogP contribution in [0.5, 0.6) is 0 Å². The largest absolute Gasteiger partial charge is 2.00 e. The second kappa shape index (κ2) is 14.7. The number of rotatable bonds is 3. The van der Waals surface area contributed by atoms with Gasteiger partial charge < -0.3 is 0 Å². The van der Waals surface area contributed by atoms with Crippen molar-refractivity contribution in [2.45, 2.75) is 0 Å². The smallest absolute Gasteiger partial charge is 0.298 e. The maximum Gasteiger partial charge on any atom is 2.00 e. The van der Waals surface area contributed by atoms with Gasteiger partial charge in [-0.05, 0) is 64.2 Å². The van der Waals surface area contributed by atoms with E-state index in [4.69, 9.17) is 13.2 Å². The van der Waals surface area contributed by atoms with Gasteiger partial charge in [0.05, 0.1) is 0 Å². The van der Waals surface area contributed by atoms with Crippen LogP contribution in [0.1, 0.15) is 11.1 Å². The van der Waals surface area contributed by atoms with Crippen molar-refractivity contribution in [1.29, 1.82) is 0 Å². The van der Waals surface area contributed by atoms with Crippen LogP contribution in [0.4, 0.5) is 0 Å². The Labute approximate surface area is 181 Å². The summed E-state index contributed by atoms with van der Waals surface area (Å²) in [5, 5.41) is 0. The van der Waals surface area contributed by atoms with Crippen LogP contribution in [0.25, 0.3) is 11.1 Å². The molecule has 0 aromatic heterocycles. The SMILES string of the molecule is [CH-]=C(C(=[CH-])c1ccccc1)c1ccccc1.[CH]1[CH][CH][CH][CH]1.[CH]1[CH][CH][CH][CH]1.[Ti+2]. The van der Waals surface area contributed by atoms with Crippen LogP contribution in [-0.4, -0.2) is 0 Å². The van der Waals surface area contributed by atoms with Crippen molar-refractivity contribution in [3.8, 4) is 0 Å². The molecule has 0 amide bonds. The van der Waals surface area contributed by atoms with E-state index < -0.39 is 0 Å². The second-order valence-electron chi connectivity index (χ2n) is 5.48. The average molecular weight is 382 g/mol. The fourth-order valence-corrected chi connectivity index (χ4v) is 2.19. The zero-order valence-corrected chi connectivity index (χ0v) is 16.8. The molecule has 2 fully saturated rings. The summed E-state index contributed by atoms with van der Waals surface area (Å²) in [5.41, 5.74) is 3.13. The number of hydrogen-bond donors (Lipinski definition) is 0. The number of hydrogen-bond acceptors (Lipinski definition) is 0. The van der Waals surface area contributed by atoms with Crippen molar-refractivity contribution in [2.75, 3.05) is 0 Å². The molecule has 0 spiro atoms. The molecule has 2 aliphatic rings. The summed E-state index contributed by atoms with van der Waals surface area (Å²) < 4.78 is 0. The zero-order chi connectivity index (χ0) is 18.5. The maximum atomic E-state index is 6.03. The molecule has 1 heteroatoms.